The summed E-state index contributed by atoms with van der Waals surface area (Å²) >= 11 is 0. The third-order valence-electron chi connectivity index (χ3n) is 2.11. The van der Waals surface area contributed by atoms with E-state index in [-0.39, 0.29) is 5.95 Å². The van der Waals surface area contributed by atoms with Crippen molar-refractivity contribution >= 4 is 5.95 Å². The fourth-order valence-corrected chi connectivity index (χ4v) is 1.33. The van der Waals surface area contributed by atoms with E-state index >= 15 is 0 Å². The second kappa shape index (κ2) is 3.68. The molecule has 2 rings (SSSR count). The highest BCUT2D eigenvalue weighted by molar-refractivity contribution is 5.57. The average Bonchev–Trinajstić information content (AvgIpc) is 2.63. The highest BCUT2D eigenvalue weighted by Gasteiger charge is 2.10. The van der Waals surface area contributed by atoms with Crippen LogP contribution in [0.15, 0.2) is 16.7 Å². The largest absolute Gasteiger partial charge is 0.469 e. The van der Waals surface area contributed by atoms with Crippen molar-refractivity contribution < 1.29 is 4.42 Å². The first-order valence-electron chi connectivity index (χ1n) is 4.75. The molecular weight excluding hydrogens is 192 g/mol. The lowest BCUT2D eigenvalue weighted by Crippen LogP contribution is -2.04. The van der Waals surface area contributed by atoms with Crippen molar-refractivity contribution in [1.29, 1.82) is 0 Å². The van der Waals surface area contributed by atoms with Gasteiger partial charge in [-0.25, -0.2) is 4.98 Å². The van der Waals surface area contributed by atoms with Crippen LogP contribution < -0.4 is 5.73 Å². The fraction of sp³-hybridized carbons (Fsp3) is 0.300. The number of aryl methyl sites for hydroxylation is 2. The molecule has 0 saturated carbocycles. The summed E-state index contributed by atoms with van der Waals surface area (Å²) in [6.45, 7) is 3.84. The number of nitrogens with zero attached hydrogens (tertiary/aromatic N) is 3. The molecule has 0 saturated heterocycles. The standard InChI is InChI=1S/C10H12N4O/c1-3-8-12-9(14-10(11)13-8)7-4-5-15-6(7)2/h4-5H,3H2,1-2H3,(H2,11,12,13,14). The monoisotopic (exact) mass is 204 g/mol. The Morgan fingerprint density at radius 1 is 1.33 bits per heavy atom. The Morgan fingerprint density at radius 3 is 2.73 bits per heavy atom. The minimum atomic E-state index is 0.248. The smallest absolute Gasteiger partial charge is 0.223 e. The summed E-state index contributed by atoms with van der Waals surface area (Å²) in [5.41, 5.74) is 6.46. The van der Waals surface area contributed by atoms with E-state index in [9.17, 15) is 0 Å². The van der Waals surface area contributed by atoms with Crippen LogP contribution in [-0.4, -0.2) is 15.0 Å². The van der Waals surface area contributed by atoms with Crippen molar-refractivity contribution in [3.8, 4) is 11.4 Å². The van der Waals surface area contributed by atoms with Gasteiger partial charge in [0.15, 0.2) is 5.82 Å². The van der Waals surface area contributed by atoms with E-state index in [4.69, 9.17) is 10.2 Å². The van der Waals surface area contributed by atoms with Crippen LogP contribution in [0.4, 0.5) is 5.95 Å². The van der Waals surface area contributed by atoms with Crippen molar-refractivity contribution in [2.75, 3.05) is 5.73 Å². The molecule has 2 heterocycles. The van der Waals surface area contributed by atoms with E-state index in [1.165, 1.54) is 0 Å². The molecule has 0 spiro atoms. The number of nitrogens with two attached hydrogens (primary N) is 1. The zero-order valence-corrected chi connectivity index (χ0v) is 8.69. The zero-order chi connectivity index (χ0) is 10.8. The Hall–Kier alpha value is -1.91. The summed E-state index contributed by atoms with van der Waals surface area (Å²) in [4.78, 5) is 12.4. The molecule has 2 aromatic rings. The van der Waals surface area contributed by atoms with Gasteiger partial charge in [-0.15, -0.1) is 0 Å². The molecule has 0 aromatic carbocycles. The van der Waals surface area contributed by atoms with E-state index in [1.807, 2.05) is 19.9 Å². The maximum absolute atomic E-state index is 5.60. The minimum absolute atomic E-state index is 0.248. The number of nitrogen functional groups attached to an aromatic ring is 1. The topological polar surface area (TPSA) is 77.8 Å². The van der Waals surface area contributed by atoms with Crippen LogP contribution in [0.25, 0.3) is 11.4 Å². The van der Waals surface area contributed by atoms with E-state index in [0.717, 1.165) is 17.7 Å². The molecule has 0 atom stereocenters. The van der Waals surface area contributed by atoms with Crippen LogP contribution in [0.3, 0.4) is 0 Å². The second-order valence-corrected chi connectivity index (χ2v) is 3.18. The molecule has 2 aromatic heterocycles. The summed E-state index contributed by atoms with van der Waals surface area (Å²) in [6.07, 6.45) is 2.34. The van der Waals surface area contributed by atoms with Gasteiger partial charge in [0.2, 0.25) is 5.95 Å². The number of hydrogen-bond donors (Lipinski definition) is 1. The number of hydrogen-bond acceptors (Lipinski definition) is 5. The molecule has 0 aliphatic rings. The van der Waals surface area contributed by atoms with Gasteiger partial charge in [-0.05, 0) is 13.0 Å². The van der Waals surface area contributed by atoms with Crippen molar-refractivity contribution in [3.05, 3.63) is 23.9 Å². The van der Waals surface area contributed by atoms with Crippen molar-refractivity contribution in [1.82, 2.24) is 15.0 Å². The Morgan fingerprint density at radius 2 is 2.13 bits per heavy atom. The molecule has 5 nitrogen and oxygen atoms in total. The molecule has 0 aliphatic carbocycles. The fourth-order valence-electron chi connectivity index (χ4n) is 1.33. The molecule has 0 radical (unpaired) electrons. The Bertz CT molecular complexity index is 478. The lowest BCUT2D eigenvalue weighted by Gasteiger charge is -2.01. The quantitative estimate of drug-likeness (QED) is 0.803. The van der Waals surface area contributed by atoms with Gasteiger partial charge in [0.25, 0.3) is 0 Å². The van der Waals surface area contributed by atoms with Crippen molar-refractivity contribution in [2.45, 2.75) is 20.3 Å². The molecule has 0 fully saturated rings. The van der Waals surface area contributed by atoms with Crippen LogP contribution in [0.1, 0.15) is 18.5 Å². The first-order chi connectivity index (χ1) is 7.20. The Kier molecular flexibility index (Phi) is 2.37. The van der Waals surface area contributed by atoms with Crippen LogP contribution in [0, 0.1) is 6.92 Å². The third-order valence-corrected chi connectivity index (χ3v) is 2.11. The summed E-state index contributed by atoms with van der Waals surface area (Å²) in [6, 6.07) is 1.82. The van der Waals surface area contributed by atoms with Crippen LogP contribution in [0.5, 0.6) is 0 Å². The molecule has 2 N–H and O–H groups in total. The van der Waals surface area contributed by atoms with Gasteiger partial charge in [0.1, 0.15) is 11.6 Å². The van der Waals surface area contributed by atoms with Gasteiger partial charge in [-0.1, -0.05) is 6.92 Å². The first kappa shape index (κ1) is 9.64. The number of rotatable bonds is 2. The van der Waals surface area contributed by atoms with Crippen LogP contribution in [-0.2, 0) is 6.42 Å². The predicted molar refractivity (Wildman–Crippen MR) is 56.1 cm³/mol. The molecule has 0 amide bonds. The Labute approximate surface area is 87.4 Å². The highest BCUT2D eigenvalue weighted by Crippen LogP contribution is 2.20. The lowest BCUT2D eigenvalue weighted by atomic mass is 10.2. The molecular formula is C10H12N4O. The van der Waals surface area contributed by atoms with Gasteiger partial charge >= 0.3 is 0 Å². The first-order valence-corrected chi connectivity index (χ1v) is 4.75. The minimum Gasteiger partial charge on any atom is -0.469 e. The number of anilines is 1. The lowest BCUT2D eigenvalue weighted by molar-refractivity contribution is 0.535. The molecule has 15 heavy (non-hydrogen) atoms. The van der Waals surface area contributed by atoms with Gasteiger partial charge in [-0.2, -0.15) is 9.97 Å². The summed E-state index contributed by atoms with van der Waals surface area (Å²) < 4.78 is 5.19. The van der Waals surface area contributed by atoms with Crippen LogP contribution in [0.2, 0.25) is 0 Å². The number of furan rings is 1. The van der Waals surface area contributed by atoms with Gasteiger partial charge in [0.05, 0.1) is 11.8 Å². The summed E-state index contributed by atoms with van der Waals surface area (Å²) in [7, 11) is 0. The molecule has 0 unspecified atom stereocenters. The predicted octanol–water partition coefficient (Wildman–Crippen LogP) is 1.58. The Balaban J connectivity index is 2.53. The summed E-state index contributed by atoms with van der Waals surface area (Å²) in [5, 5.41) is 0. The zero-order valence-electron chi connectivity index (χ0n) is 8.69. The van der Waals surface area contributed by atoms with E-state index in [2.05, 4.69) is 15.0 Å². The van der Waals surface area contributed by atoms with Crippen molar-refractivity contribution in [3.63, 3.8) is 0 Å². The van der Waals surface area contributed by atoms with E-state index in [1.54, 1.807) is 6.26 Å². The van der Waals surface area contributed by atoms with E-state index < -0.39 is 0 Å². The maximum atomic E-state index is 5.60. The van der Waals surface area contributed by atoms with Crippen LogP contribution >= 0.6 is 0 Å². The molecule has 78 valence electrons. The number of aromatic nitrogens is 3. The summed E-state index contributed by atoms with van der Waals surface area (Å²) in [5.74, 6) is 2.30. The maximum Gasteiger partial charge on any atom is 0.223 e. The van der Waals surface area contributed by atoms with Crippen molar-refractivity contribution in [2.24, 2.45) is 0 Å². The molecule has 5 heteroatoms. The third kappa shape index (κ3) is 1.81. The SMILES string of the molecule is CCc1nc(N)nc(-c2ccoc2C)n1. The van der Waals surface area contributed by atoms with Gasteiger partial charge < -0.3 is 10.2 Å². The van der Waals surface area contributed by atoms with Gasteiger partial charge in [0, 0.05) is 6.42 Å². The second-order valence-electron chi connectivity index (χ2n) is 3.18. The normalized spacial score (nSPS) is 10.5. The highest BCUT2D eigenvalue weighted by atomic mass is 16.3. The van der Waals surface area contributed by atoms with E-state index in [0.29, 0.717) is 11.6 Å². The van der Waals surface area contributed by atoms with Gasteiger partial charge in [-0.3, -0.25) is 0 Å². The molecule has 0 bridgehead atoms. The molecule has 0 aliphatic heterocycles. The average molecular weight is 204 g/mol.